The van der Waals surface area contributed by atoms with Crippen LogP contribution < -0.4 is 0 Å². The van der Waals surface area contributed by atoms with Crippen molar-refractivity contribution >= 4 is 5.91 Å². The molecule has 0 spiro atoms. The number of nitrogens with zero attached hydrogens (tertiary/aromatic N) is 1. The van der Waals surface area contributed by atoms with Crippen LogP contribution in [0.2, 0.25) is 0 Å². The smallest absolute Gasteiger partial charge is 0.254 e. The van der Waals surface area contributed by atoms with Gasteiger partial charge in [0.15, 0.2) is 0 Å². The van der Waals surface area contributed by atoms with Gasteiger partial charge in [0.1, 0.15) is 5.60 Å². The van der Waals surface area contributed by atoms with E-state index < -0.39 is 5.60 Å². The summed E-state index contributed by atoms with van der Waals surface area (Å²) in [5.41, 5.74) is -0.770. The molecule has 1 fully saturated rings. The Balaban J connectivity index is 2.74. The zero-order valence-electron chi connectivity index (χ0n) is 11.4. The summed E-state index contributed by atoms with van der Waals surface area (Å²) in [6.07, 6.45) is 3.46. The molecule has 1 aliphatic rings. The summed E-state index contributed by atoms with van der Waals surface area (Å²) in [6.45, 7) is 6.15. The van der Waals surface area contributed by atoms with E-state index in [1.165, 1.54) is 0 Å². The van der Waals surface area contributed by atoms with E-state index in [1.54, 1.807) is 27.9 Å². The van der Waals surface area contributed by atoms with Crippen molar-refractivity contribution in [3.05, 3.63) is 0 Å². The summed E-state index contributed by atoms with van der Waals surface area (Å²) in [6, 6.07) is 0.158. The van der Waals surface area contributed by atoms with Gasteiger partial charge in [-0.05, 0) is 46.5 Å². The molecule has 0 aliphatic carbocycles. The van der Waals surface area contributed by atoms with Crippen LogP contribution in [0.3, 0.4) is 0 Å². The quantitative estimate of drug-likeness (QED) is 0.815. The molecule has 1 amide bonds. The highest BCUT2D eigenvalue weighted by Crippen LogP contribution is 2.24. The molecule has 1 saturated heterocycles. The van der Waals surface area contributed by atoms with Crippen molar-refractivity contribution < 1.29 is 14.6 Å². The van der Waals surface area contributed by atoms with Gasteiger partial charge < -0.3 is 14.7 Å². The van der Waals surface area contributed by atoms with Crippen LogP contribution in [0.5, 0.6) is 0 Å². The first-order chi connectivity index (χ1) is 7.88. The molecule has 1 heterocycles. The average Bonchev–Trinajstić information content (AvgIpc) is 2.28. The molecule has 0 saturated carbocycles. The number of ether oxygens (including phenoxy) is 1. The minimum absolute atomic E-state index is 0.0327. The highest BCUT2D eigenvalue weighted by Gasteiger charge is 2.36. The van der Waals surface area contributed by atoms with E-state index in [4.69, 9.17) is 4.74 Å². The van der Waals surface area contributed by atoms with Gasteiger partial charge in [0.05, 0.1) is 6.10 Å². The second kappa shape index (κ2) is 5.83. The molecule has 100 valence electrons. The van der Waals surface area contributed by atoms with Gasteiger partial charge in [-0.2, -0.15) is 0 Å². The molecule has 0 bridgehead atoms. The number of amides is 1. The molecule has 2 atom stereocenters. The summed E-state index contributed by atoms with van der Waals surface area (Å²) in [7, 11) is 1.56. The maximum atomic E-state index is 12.4. The van der Waals surface area contributed by atoms with Crippen molar-refractivity contribution in [3.8, 4) is 0 Å². The van der Waals surface area contributed by atoms with E-state index in [9.17, 15) is 9.90 Å². The lowest BCUT2D eigenvalue weighted by atomic mass is 9.95. The SMILES string of the molecule is COC(C)(C)C(=O)N1CCCCC1CC(C)O. The third-order valence-corrected chi connectivity index (χ3v) is 3.53. The van der Waals surface area contributed by atoms with Crippen molar-refractivity contribution in [2.45, 2.75) is 64.2 Å². The molecule has 1 aliphatic heterocycles. The first kappa shape index (κ1) is 14.5. The zero-order chi connectivity index (χ0) is 13.1. The molecule has 4 heteroatoms. The van der Waals surface area contributed by atoms with Crippen LogP contribution in [-0.2, 0) is 9.53 Å². The number of aliphatic hydroxyl groups is 1. The van der Waals surface area contributed by atoms with Gasteiger partial charge in [-0.3, -0.25) is 4.79 Å². The molecule has 0 aromatic heterocycles. The summed E-state index contributed by atoms with van der Waals surface area (Å²) in [5, 5.41) is 9.49. The minimum Gasteiger partial charge on any atom is -0.393 e. The van der Waals surface area contributed by atoms with Crippen LogP contribution in [0, 0.1) is 0 Å². The van der Waals surface area contributed by atoms with Crippen LogP contribution in [0.1, 0.15) is 46.5 Å². The van der Waals surface area contributed by atoms with Gasteiger partial charge in [-0.1, -0.05) is 0 Å². The minimum atomic E-state index is -0.770. The highest BCUT2D eigenvalue weighted by atomic mass is 16.5. The Hall–Kier alpha value is -0.610. The maximum absolute atomic E-state index is 12.4. The van der Waals surface area contributed by atoms with Crippen LogP contribution in [-0.4, -0.2) is 47.3 Å². The van der Waals surface area contributed by atoms with Gasteiger partial charge in [0.25, 0.3) is 5.91 Å². The van der Waals surface area contributed by atoms with Crippen molar-refractivity contribution in [3.63, 3.8) is 0 Å². The fourth-order valence-corrected chi connectivity index (χ4v) is 2.34. The number of hydrogen-bond donors (Lipinski definition) is 1. The first-order valence-corrected chi connectivity index (χ1v) is 6.42. The van der Waals surface area contributed by atoms with Crippen LogP contribution in [0.4, 0.5) is 0 Å². The Bertz CT molecular complexity index is 263. The summed E-state index contributed by atoms with van der Waals surface area (Å²) in [4.78, 5) is 14.3. The van der Waals surface area contributed by atoms with E-state index in [0.29, 0.717) is 6.42 Å². The predicted octanol–water partition coefficient (Wildman–Crippen LogP) is 1.56. The van der Waals surface area contributed by atoms with Gasteiger partial charge in [0, 0.05) is 19.7 Å². The van der Waals surface area contributed by atoms with Crippen molar-refractivity contribution in [1.29, 1.82) is 0 Å². The van der Waals surface area contributed by atoms with Gasteiger partial charge >= 0.3 is 0 Å². The molecule has 0 aromatic rings. The predicted molar refractivity (Wildman–Crippen MR) is 66.7 cm³/mol. The van der Waals surface area contributed by atoms with E-state index in [0.717, 1.165) is 25.8 Å². The topological polar surface area (TPSA) is 49.8 Å². The molecule has 0 aromatic carbocycles. The summed E-state index contributed by atoms with van der Waals surface area (Å²) in [5.74, 6) is 0.0327. The van der Waals surface area contributed by atoms with E-state index in [-0.39, 0.29) is 18.1 Å². The Morgan fingerprint density at radius 2 is 2.18 bits per heavy atom. The Labute approximate surface area is 104 Å². The Morgan fingerprint density at radius 1 is 1.53 bits per heavy atom. The van der Waals surface area contributed by atoms with Crippen LogP contribution in [0.25, 0.3) is 0 Å². The average molecular weight is 243 g/mol. The molecule has 0 radical (unpaired) electrons. The van der Waals surface area contributed by atoms with Gasteiger partial charge in [-0.25, -0.2) is 0 Å². The van der Waals surface area contributed by atoms with Crippen LogP contribution in [0.15, 0.2) is 0 Å². The third kappa shape index (κ3) is 3.68. The molecule has 17 heavy (non-hydrogen) atoms. The molecular formula is C13H25NO3. The standard InChI is InChI=1S/C13H25NO3/c1-10(15)9-11-7-5-6-8-14(11)12(16)13(2,3)17-4/h10-11,15H,5-9H2,1-4H3. The number of carbonyl (C=O) groups excluding carboxylic acids is 1. The van der Waals surface area contributed by atoms with Crippen molar-refractivity contribution in [1.82, 2.24) is 4.90 Å². The first-order valence-electron chi connectivity index (χ1n) is 6.42. The zero-order valence-corrected chi connectivity index (χ0v) is 11.4. The molecule has 1 rings (SSSR count). The Morgan fingerprint density at radius 3 is 2.71 bits per heavy atom. The molecular weight excluding hydrogens is 218 g/mol. The number of rotatable bonds is 4. The normalized spacial score (nSPS) is 23.6. The van der Waals surface area contributed by atoms with Gasteiger partial charge in [-0.15, -0.1) is 0 Å². The highest BCUT2D eigenvalue weighted by molar-refractivity contribution is 5.84. The van der Waals surface area contributed by atoms with E-state index >= 15 is 0 Å². The fourth-order valence-electron chi connectivity index (χ4n) is 2.34. The van der Waals surface area contributed by atoms with E-state index in [1.807, 2.05) is 4.90 Å². The summed E-state index contributed by atoms with van der Waals surface area (Å²) >= 11 is 0. The Kier molecular flexibility index (Phi) is 4.95. The fraction of sp³-hybridized carbons (Fsp3) is 0.923. The number of likely N-dealkylation sites (tertiary alicyclic amines) is 1. The lowest BCUT2D eigenvalue weighted by molar-refractivity contribution is -0.155. The van der Waals surface area contributed by atoms with E-state index in [2.05, 4.69) is 0 Å². The number of aliphatic hydroxyl groups excluding tert-OH is 1. The number of methoxy groups -OCH3 is 1. The third-order valence-electron chi connectivity index (χ3n) is 3.53. The molecule has 4 nitrogen and oxygen atoms in total. The van der Waals surface area contributed by atoms with Crippen molar-refractivity contribution in [2.75, 3.05) is 13.7 Å². The second-order valence-corrected chi connectivity index (χ2v) is 5.45. The summed E-state index contributed by atoms with van der Waals surface area (Å²) < 4.78 is 5.25. The monoisotopic (exact) mass is 243 g/mol. The van der Waals surface area contributed by atoms with Crippen LogP contribution >= 0.6 is 0 Å². The molecule has 1 N–H and O–H groups in total. The maximum Gasteiger partial charge on any atom is 0.254 e. The lowest BCUT2D eigenvalue weighted by Gasteiger charge is -2.40. The second-order valence-electron chi connectivity index (χ2n) is 5.45. The van der Waals surface area contributed by atoms with Crippen molar-refractivity contribution in [2.24, 2.45) is 0 Å². The lowest BCUT2D eigenvalue weighted by Crippen LogP contribution is -2.53. The molecule has 2 unspecified atom stereocenters. The van der Waals surface area contributed by atoms with Gasteiger partial charge in [0.2, 0.25) is 0 Å². The number of piperidine rings is 1. The number of carbonyl (C=O) groups is 1. The largest absolute Gasteiger partial charge is 0.393 e. The number of hydrogen-bond acceptors (Lipinski definition) is 3.